The van der Waals surface area contributed by atoms with Crippen LogP contribution in [-0.4, -0.2) is 91.2 Å². The fourth-order valence-electron chi connectivity index (χ4n) is 5.24. The van der Waals surface area contributed by atoms with E-state index in [0.29, 0.717) is 64.0 Å². The Labute approximate surface area is 222 Å². The minimum absolute atomic E-state index is 0.0191. The number of rotatable bonds is 6. The highest BCUT2D eigenvalue weighted by atomic mass is 16.5. The number of amides is 2. The monoisotopic (exact) mass is 521 g/mol. The molecule has 0 radical (unpaired) electrons. The van der Waals surface area contributed by atoms with Gasteiger partial charge in [-0.3, -0.25) is 14.5 Å². The summed E-state index contributed by atoms with van der Waals surface area (Å²) in [7, 11) is 1.61. The topological polar surface area (TPSA) is 109 Å². The van der Waals surface area contributed by atoms with E-state index < -0.39 is 0 Å². The highest BCUT2D eigenvalue weighted by Crippen LogP contribution is 2.38. The van der Waals surface area contributed by atoms with Gasteiger partial charge in [0.15, 0.2) is 11.5 Å². The summed E-state index contributed by atoms with van der Waals surface area (Å²) in [5.74, 6) is 1.45. The van der Waals surface area contributed by atoms with Gasteiger partial charge in [-0.05, 0) is 36.8 Å². The molecule has 0 spiro atoms. The summed E-state index contributed by atoms with van der Waals surface area (Å²) in [6.07, 6.45) is 0. The van der Waals surface area contributed by atoms with Gasteiger partial charge in [0, 0.05) is 45.2 Å². The number of likely N-dealkylation sites (tertiary alicyclic amines) is 1. The van der Waals surface area contributed by atoms with E-state index in [-0.39, 0.29) is 30.3 Å². The van der Waals surface area contributed by atoms with Crippen LogP contribution in [0.15, 0.2) is 42.5 Å². The minimum atomic E-state index is -0.369. The molecule has 38 heavy (non-hydrogen) atoms. The summed E-state index contributed by atoms with van der Waals surface area (Å²) in [4.78, 5) is 38.2. The third kappa shape index (κ3) is 5.76. The number of carbonyl (C=O) groups is 2. The summed E-state index contributed by atoms with van der Waals surface area (Å²) in [5.41, 5.74) is 2.87. The zero-order valence-corrected chi connectivity index (χ0v) is 21.9. The molecule has 2 N–H and O–H groups in total. The molecule has 3 aromatic rings. The highest BCUT2D eigenvalue weighted by Gasteiger charge is 2.40. The van der Waals surface area contributed by atoms with Crippen LogP contribution in [0, 0.1) is 5.92 Å². The van der Waals surface area contributed by atoms with Crippen molar-refractivity contribution in [2.75, 3.05) is 59.7 Å². The van der Waals surface area contributed by atoms with Gasteiger partial charge in [0.1, 0.15) is 19.0 Å². The number of benzene rings is 2. The molecule has 1 saturated heterocycles. The number of fused-ring (bicyclic) bond motifs is 5. The van der Waals surface area contributed by atoms with Crippen molar-refractivity contribution in [1.82, 2.24) is 25.1 Å². The van der Waals surface area contributed by atoms with Crippen LogP contribution in [-0.2, 0) is 20.9 Å². The Kier molecular flexibility index (Phi) is 8.09. The molecular weight excluding hydrogens is 486 g/mol. The standard InChI is InChI=1S/C28H35N5O5/c1-3-37-18-27(34)33-15-20-19-8-9-24(36-2)25(14-19)38-13-12-32(11-10-29-28(35)21(20)16-33)17-26-30-22-6-4-5-7-23(22)31-26/h4-9,14,20-21H,3,10-13,15-18H2,1-2H3,(H,29,35)(H,30,31)/t20-,21+/m1/s1. The van der Waals surface area contributed by atoms with Crippen molar-refractivity contribution in [2.45, 2.75) is 19.4 Å². The Balaban J connectivity index is 1.37. The smallest absolute Gasteiger partial charge is 0.248 e. The SMILES string of the molecule is CCOCC(=O)N1C[C@@H]2C(=O)NCCN(Cc3nc4ccccc4[nH]3)CCOc3cc(ccc3OC)[C@H]2C1. The molecule has 2 aliphatic heterocycles. The Morgan fingerprint density at radius 1 is 1.16 bits per heavy atom. The van der Waals surface area contributed by atoms with E-state index >= 15 is 0 Å². The van der Waals surface area contributed by atoms with Crippen LogP contribution in [0.4, 0.5) is 0 Å². The first-order valence-electron chi connectivity index (χ1n) is 13.2. The molecule has 2 aliphatic rings. The zero-order valence-electron chi connectivity index (χ0n) is 21.9. The van der Waals surface area contributed by atoms with Gasteiger partial charge in [-0.15, -0.1) is 0 Å². The minimum Gasteiger partial charge on any atom is -0.493 e. The molecule has 3 heterocycles. The van der Waals surface area contributed by atoms with Gasteiger partial charge in [-0.25, -0.2) is 4.98 Å². The molecule has 10 heteroatoms. The third-order valence-electron chi connectivity index (χ3n) is 7.26. The molecule has 2 bridgehead atoms. The number of ether oxygens (including phenoxy) is 3. The highest BCUT2D eigenvalue weighted by molar-refractivity contribution is 5.84. The maximum absolute atomic E-state index is 13.4. The van der Waals surface area contributed by atoms with Crippen molar-refractivity contribution in [2.24, 2.45) is 5.92 Å². The van der Waals surface area contributed by atoms with Gasteiger partial charge >= 0.3 is 0 Å². The number of nitrogens with zero attached hydrogens (tertiary/aromatic N) is 3. The molecule has 0 aliphatic carbocycles. The molecule has 2 atom stereocenters. The van der Waals surface area contributed by atoms with Crippen LogP contribution in [0.2, 0.25) is 0 Å². The van der Waals surface area contributed by atoms with Gasteiger partial charge in [-0.1, -0.05) is 18.2 Å². The number of aromatic amines is 1. The molecule has 5 rings (SSSR count). The predicted octanol–water partition coefficient (Wildman–Crippen LogP) is 2.16. The lowest BCUT2D eigenvalue weighted by atomic mass is 9.88. The fourth-order valence-corrected chi connectivity index (χ4v) is 5.24. The molecular formula is C28H35N5O5. The van der Waals surface area contributed by atoms with Crippen LogP contribution >= 0.6 is 0 Å². The lowest BCUT2D eigenvalue weighted by Crippen LogP contribution is -2.40. The normalized spacial score (nSPS) is 20.6. The Bertz CT molecular complexity index is 1240. The average Bonchev–Trinajstić information content (AvgIpc) is 3.55. The van der Waals surface area contributed by atoms with Crippen molar-refractivity contribution >= 4 is 22.8 Å². The number of carbonyl (C=O) groups excluding carboxylic acids is 2. The maximum Gasteiger partial charge on any atom is 0.248 e. The van der Waals surface area contributed by atoms with Gasteiger partial charge in [0.05, 0.1) is 30.6 Å². The van der Waals surface area contributed by atoms with Crippen LogP contribution in [0.5, 0.6) is 11.5 Å². The van der Waals surface area contributed by atoms with E-state index in [1.54, 1.807) is 12.0 Å². The quantitative estimate of drug-likeness (QED) is 0.512. The Morgan fingerprint density at radius 3 is 2.82 bits per heavy atom. The van der Waals surface area contributed by atoms with E-state index in [0.717, 1.165) is 22.4 Å². The number of para-hydroxylation sites is 2. The number of imidazole rings is 1. The number of hydrogen-bond donors (Lipinski definition) is 2. The first-order chi connectivity index (χ1) is 18.6. The van der Waals surface area contributed by atoms with Crippen LogP contribution in [0.25, 0.3) is 11.0 Å². The lowest BCUT2D eigenvalue weighted by Gasteiger charge is -2.22. The molecule has 202 valence electrons. The van der Waals surface area contributed by atoms with Crippen LogP contribution in [0.1, 0.15) is 24.2 Å². The summed E-state index contributed by atoms with van der Waals surface area (Å²) < 4.78 is 17.1. The number of nitrogens with one attached hydrogen (secondary N) is 2. The second-order valence-corrected chi connectivity index (χ2v) is 9.68. The van der Waals surface area contributed by atoms with E-state index in [4.69, 9.17) is 19.2 Å². The molecule has 2 aromatic carbocycles. The second-order valence-electron chi connectivity index (χ2n) is 9.68. The number of hydrogen-bond acceptors (Lipinski definition) is 7. The zero-order chi connectivity index (χ0) is 26.5. The molecule has 1 aromatic heterocycles. The van der Waals surface area contributed by atoms with Crippen molar-refractivity contribution < 1.29 is 23.8 Å². The van der Waals surface area contributed by atoms with Crippen LogP contribution in [0.3, 0.4) is 0 Å². The Hall–Kier alpha value is -3.63. The number of H-pyrrole nitrogens is 1. The van der Waals surface area contributed by atoms with Gasteiger partial charge in [0.25, 0.3) is 0 Å². The third-order valence-corrected chi connectivity index (χ3v) is 7.26. The largest absolute Gasteiger partial charge is 0.493 e. The summed E-state index contributed by atoms with van der Waals surface area (Å²) in [5, 5.41) is 3.12. The van der Waals surface area contributed by atoms with E-state index in [1.165, 1.54) is 0 Å². The van der Waals surface area contributed by atoms with E-state index in [2.05, 4.69) is 15.2 Å². The first kappa shape index (κ1) is 26.0. The fraction of sp³-hybridized carbons (Fsp3) is 0.464. The van der Waals surface area contributed by atoms with Gasteiger partial charge in [0.2, 0.25) is 11.8 Å². The maximum atomic E-state index is 13.4. The summed E-state index contributed by atoms with van der Waals surface area (Å²) in [6.45, 7) is 5.95. The summed E-state index contributed by atoms with van der Waals surface area (Å²) in [6, 6.07) is 13.7. The molecule has 0 unspecified atom stereocenters. The van der Waals surface area contributed by atoms with Crippen molar-refractivity contribution in [3.8, 4) is 11.5 Å². The molecule has 10 nitrogen and oxygen atoms in total. The van der Waals surface area contributed by atoms with Crippen molar-refractivity contribution in [3.63, 3.8) is 0 Å². The lowest BCUT2D eigenvalue weighted by molar-refractivity contribution is -0.135. The van der Waals surface area contributed by atoms with E-state index in [1.807, 2.05) is 49.4 Å². The predicted molar refractivity (Wildman–Crippen MR) is 142 cm³/mol. The van der Waals surface area contributed by atoms with Crippen LogP contribution < -0.4 is 14.8 Å². The van der Waals surface area contributed by atoms with Gasteiger partial charge in [-0.2, -0.15) is 0 Å². The Morgan fingerprint density at radius 2 is 2.00 bits per heavy atom. The molecule has 1 fully saturated rings. The number of methoxy groups -OCH3 is 1. The van der Waals surface area contributed by atoms with Crippen molar-refractivity contribution in [1.29, 1.82) is 0 Å². The number of aromatic nitrogens is 2. The molecule has 2 amide bonds. The second kappa shape index (κ2) is 11.8. The first-order valence-corrected chi connectivity index (χ1v) is 13.2. The molecule has 0 saturated carbocycles. The van der Waals surface area contributed by atoms with Crippen molar-refractivity contribution in [3.05, 3.63) is 53.9 Å². The van der Waals surface area contributed by atoms with Gasteiger partial charge < -0.3 is 29.4 Å². The summed E-state index contributed by atoms with van der Waals surface area (Å²) >= 11 is 0. The van der Waals surface area contributed by atoms with E-state index in [9.17, 15) is 9.59 Å². The average molecular weight is 522 g/mol.